The Morgan fingerprint density at radius 2 is 1.83 bits per heavy atom. The van der Waals surface area contributed by atoms with E-state index in [9.17, 15) is 30.4 Å². The summed E-state index contributed by atoms with van der Waals surface area (Å²) in [5.74, 6) is 0.0374. The van der Waals surface area contributed by atoms with Crippen LogP contribution < -0.4 is 25.9 Å². The van der Waals surface area contributed by atoms with Crippen LogP contribution in [0.15, 0.2) is 70.4 Å². The van der Waals surface area contributed by atoms with Crippen LogP contribution in [0.3, 0.4) is 0 Å². The third-order valence-corrected chi connectivity index (χ3v) is 4.92. The number of ether oxygens (including phenoxy) is 1. The Kier molecular flexibility index (Phi) is 8.96. The Balaban J connectivity index is 1.74. The van der Waals surface area contributed by atoms with Crippen LogP contribution >= 0.6 is 0 Å². The van der Waals surface area contributed by atoms with Gasteiger partial charge in [-0.05, 0) is 61.0 Å². The van der Waals surface area contributed by atoms with Gasteiger partial charge in [0.2, 0.25) is 11.7 Å². The normalized spacial score (nSPS) is 11.1. The Morgan fingerprint density at radius 1 is 1.08 bits per heavy atom. The molecule has 36 heavy (non-hydrogen) atoms. The molecular formula is C23H23N5O8-2. The average molecular weight is 497 g/mol. The molecule has 1 amide bonds. The van der Waals surface area contributed by atoms with Crippen molar-refractivity contribution in [2.45, 2.75) is 19.3 Å². The van der Waals surface area contributed by atoms with E-state index in [4.69, 9.17) is 9.15 Å². The second-order valence-corrected chi connectivity index (χ2v) is 7.39. The SMILES string of the molecule is COc1ccc(NC(=O)CC/C(CC(=O)c2ccco2)=N/Nc2ccc(N([O-])[O-])cc2N(O)O)cc1. The third kappa shape index (κ3) is 7.28. The number of nitrogens with one attached hydrogen (secondary N) is 2. The number of carbonyl (C=O) groups excluding carboxylic acids is 2. The number of benzene rings is 2. The lowest BCUT2D eigenvalue weighted by Gasteiger charge is -2.37. The van der Waals surface area contributed by atoms with E-state index in [1.165, 1.54) is 25.5 Å². The molecule has 0 unspecified atom stereocenters. The summed E-state index contributed by atoms with van der Waals surface area (Å²) in [5.41, 5.74) is 2.68. The number of carbonyl (C=O) groups is 2. The lowest BCUT2D eigenvalue weighted by molar-refractivity contribution is -0.116. The highest BCUT2D eigenvalue weighted by molar-refractivity contribution is 6.09. The predicted molar refractivity (Wildman–Crippen MR) is 131 cm³/mol. The number of hydrogen-bond acceptors (Lipinski definition) is 12. The maximum Gasteiger partial charge on any atom is 0.224 e. The number of nitrogens with zero attached hydrogens (tertiary/aromatic N) is 3. The van der Waals surface area contributed by atoms with Crippen molar-refractivity contribution < 1.29 is 29.2 Å². The fourth-order valence-corrected chi connectivity index (χ4v) is 3.08. The van der Waals surface area contributed by atoms with Crippen LogP contribution in [-0.2, 0) is 4.79 Å². The van der Waals surface area contributed by atoms with Gasteiger partial charge in [0.1, 0.15) is 11.4 Å². The molecule has 0 saturated heterocycles. The zero-order chi connectivity index (χ0) is 26.1. The number of amides is 1. The molecule has 2 aromatic carbocycles. The van der Waals surface area contributed by atoms with Gasteiger partial charge in [0.05, 0.1) is 25.5 Å². The smallest absolute Gasteiger partial charge is 0.224 e. The number of hydrazone groups is 1. The summed E-state index contributed by atoms with van der Waals surface area (Å²) >= 11 is 0. The molecule has 0 saturated carbocycles. The van der Waals surface area contributed by atoms with E-state index in [0.717, 1.165) is 12.1 Å². The first kappa shape index (κ1) is 26.2. The van der Waals surface area contributed by atoms with Gasteiger partial charge in [-0.15, -0.1) is 5.23 Å². The van der Waals surface area contributed by atoms with Crippen LogP contribution in [0.4, 0.5) is 22.7 Å². The van der Waals surface area contributed by atoms with Gasteiger partial charge in [-0.3, -0.25) is 25.4 Å². The Bertz CT molecular complexity index is 1190. The first-order chi connectivity index (χ1) is 17.3. The Hall–Kier alpha value is -4.43. The topological polar surface area (TPSA) is 186 Å². The molecule has 0 bridgehead atoms. The average Bonchev–Trinajstić information content (AvgIpc) is 3.41. The van der Waals surface area contributed by atoms with E-state index in [1.807, 2.05) is 0 Å². The molecule has 0 atom stereocenters. The lowest BCUT2D eigenvalue weighted by Crippen LogP contribution is -2.17. The summed E-state index contributed by atoms with van der Waals surface area (Å²) in [4.78, 5) is 25.0. The summed E-state index contributed by atoms with van der Waals surface area (Å²) in [5, 5.41) is 46.8. The molecule has 13 nitrogen and oxygen atoms in total. The van der Waals surface area contributed by atoms with Gasteiger partial charge < -0.3 is 30.1 Å². The van der Waals surface area contributed by atoms with Crippen molar-refractivity contribution in [1.82, 2.24) is 0 Å². The van der Waals surface area contributed by atoms with Crippen molar-refractivity contribution in [1.29, 1.82) is 0 Å². The fourth-order valence-electron chi connectivity index (χ4n) is 3.08. The highest BCUT2D eigenvalue weighted by Crippen LogP contribution is 2.29. The zero-order valence-corrected chi connectivity index (χ0v) is 19.1. The maximum absolute atomic E-state index is 12.5. The van der Waals surface area contributed by atoms with E-state index >= 15 is 0 Å². The van der Waals surface area contributed by atoms with Crippen molar-refractivity contribution in [2.24, 2.45) is 5.10 Å². The number of rotatable bonds is 12. The fraction of sp³-hybridized carbons (Fsp3) is 0.174. The highest BCUT2D eigenvalue weighted by atomic mass is 16.8. The molecule has 0 aliphatic carbocycles. The summed E-state index contributed by atoms with van der Waals surface area (Å²) in [6.07, 6.45) is 1.22. The second kappa shape index (κ2) is 12.3. The monoisotopic (exact) mass is 497 g/mol. The molecule has 3 rings (SSSR count). The third-order valence-electron chi connectivity index (χ3n) is 4.92. The van der Waals surface area contributed by atoms with Gasteiger partial charge in [0.25, 0.3) is 0 Å². The van der Waals surface area contributed by atoms with E-state index in [1.54, 1.807) is 30.3 Å². The van der Waals surface area contributed by atoms with E-state index in [-0.39, 0.29) is 64.7 Å². The molecule has 0 aliphatic heterocycles. The minimum atomic E-state index is -0.699. The van der Waals surface area contributed by atoms with Crippen molar-refractivity contribution in [3.05, 3.63) is 77.0 Å². The minimum absolute atomic E-state index is 0.0104. The molecular weight excluding hydrogens is 474 g/mol. The summed E-state index contributed by atoms with van der Waals surface area (Å²) in [7, 11) is 1.53. The quantitative estimate of drug-likeness (QED) is 0.160. The molecule has 0 fully saturated rings. The number of anilines is 4. The number of hydrogen-bond donors (Lipinski definition) is 4. The van der Waals surface area contributed by atoms with Gasteiger partial charge in [-0.25, -0.2) is 0 Å². The molecule has 1 aromatic heterocycles. The van der Waals surface area contributed by atoms with Crippen LogP contribution in [0, 0.1) is 10.4 Å². The van der Waals surface area contributed by atoms with Crippen LogP contribution in [0.1, 0.15) is 29.8 Å². The first-order valence-electron chi connectivity index (χ1n) is 10.5. The van der Waals surface area contributed by atoms with Gasteiger partial charge >= 0.3 is 0 Å². The first-order valence-corrected chi connectivity index (χ1v) is 10.5. The molecule has 0 aliphatic rings. The van der Waals surface area contributed by atoms with Crippen molar-refractivity contribution in [2.75, 3.05) is 28.3 Å². The summed E-state index contributed by atoms with van der Waals surface area (Å²) < 4.78 is 10.2. The van der Waals surface area contributed by atoms with Crippen molar-refractivity contribution in [3.63, 3.8) is 0 Å². The number of furan rings is 1. The number of ketones is 1. The van der Waals surface area contributed by atoms with Crippen molar-refractivity contribution in [3.8, 4) is 5.75 Å². The summed E-state index contributed by atoms with van der Waals surface area (Å²) in [6, 6.07) is 13.1. The Morgan fingerprint density at radius 3 is 2.44 bits per heavy atom. The van der Waals surface area contributed by atoms with Gasteiger partial charge in [-0.2, -0.15) is 5.10 Å². The maximum atomic E-state index is 12.5. The van der Waals surface area contributed by atoms with E-state index in [2.05, 4.69) is 15.8 Å². The standard InChI is InChI=1S/C23H23N5O8/c1-35-18-8-4-15(5-9-18)24-23(30)11-6-16(13-21(29)22-3-2-12-36-22)25-26-19-10-7-17(27(31)32)14-20(19)28(33)34/h2-5,7-10,12,14,26,33-34H,6,11,13H2,1H3,(H,24,30)/q-2/b25-16-. The second-order valence-electron chi connectivity index (χ2n) is 7.39. The molecule has 3 aromatic rings. The van der Waals surface area contributed by atoms with Crippen molar-refractivity contribution >= 4 is 40.2 Å². The molecule has 4 N–H and O–H groups in total. The van der Waals surface area contributed by atoms with Gasteiger partial charge in [0, 0.05) is 23.5 Å². The number of methoxy groups -OCH3 is 1. The summed E-state index contributed by atoms with van der Waals surface area (Å²) in [6.45, 7) is 0. The number of Topliss-reactive ketones (excluding diaryl/α,β-unsaturated/α-hetero) is 1. The van der Waals surface area contributed by atoms with Gasteiger partial charge in [-0.1, -0.05) is 0 Å². The van der Waals surface area contributed by atoms with E-state index < -0.39 is 5.23 Å². The largest absolute Gasteiger partial charge is 0.769 e. The van der Waals surface area contributed by atoms with Crippen LogP contribution in [0.5, 0.6) is 5.75 Å². The van der Waals surface area contributed by atoms with Crippen LogP contribution in [0.2, 0.25) is 0 Å². The molecule has 0 radical (unpaired) electrons. The minimum Gasteiger partial charge on any atom is -0.769 e. The molecule has 0 spiro atoms. The molecule has 190 valence electrons. The predicted octanol–water partition coefficient (Wildman–Crippen LogP) is 4.13. The van der Waals surface area contributed by atoms with Crippen LogP contribution in [0.25, 0.3) is 0 Å². The van der Waals surface area contributed by atoms with E-state index in [0.29, 0.717) is 11.4 Å². The lowest BCUT2D eigenvalue weighted by atomic mass is 10.1. The highest BCUT2D eigenvalue weighted by Gasteiger charge is 2.16. The van der Waals surface area contributed by atoms with Gasteiger partial charge in [0.15, 0.2) is 5.76 Å². The van der Waals surface area contributed by atoms with Crippen LogP contribution in [-0.4, -0.2) is 34.9 Å². The Labute approximate surface area is 205 Å². The molecule has 1 heterocycles. The zero-order valence-electron chi connectivity index (χ0n) is 19.1. The molecule has 13 heteroatoms.